The molecule has 0 aromatic heterocycles. The van der Waals surface area contributed by atoms with Gasteiger partial charge in [-0.1, -0.05) is 23.8 Å². The van der Waals surface area contributed by atoms with Crippen LogP contribution in [-0.2, 0) is 9.53 Å². The largest absolute Gasteiger partial charge is 0.480 e. The average molecular weight is 307 g/mol. The van der Waals surface area contributed by atoms with Gasteiger partial charge in [0, 0.05) is 12.0 Å². The topological polar surface area (TPSA) is 92.7 Å². The van der Waals surface area contributed by atoms with Gasteiger partial charge < -0.3 is 15.2 Å². The van der Waals surface area contributed by atoms with E-state index in [1.165, 1.54) is 0 Å². The second kappa shape index (κ2) is 7.06. The van der Waals surface area contributed by atoms with Gasteiger partial charge in [0.25, 0.3) is 0 Å². The summed E-state index contributed by atoms with van der Waals surface area (Å²) in [5.74, 6) is -1.64. The van der Waals surface area contributed by atoms with Crippen molar-refractivity contribution >= 4 is 17.8 Å². The zero-order valence-electron chi connectivity index (χ0n) is 13.2. The molecule has 2 N–H and O–H groups in total. The molecule has 1 atom stereocenters. The number of ether oxygens (including phenoxy) is 1. The second-order valence-electron chi connectivity index (χ2n) is 6.03. The van der Waals surface area contributed by atoms with Gasteiger partial charge in [0.15, 0.2) is 5.78 Å². The van der Waals surface area contributed by atoms with Gasteiger partial charge >= 0.3 is 12.1 Å². The predicted molar refractivity (Wildman–Crippen MR) is 80.9 cm³/mol. The highest BCUT2D eigenvalue weighted by atomic mass is 16.6. The van der Waals surface area contributed by atoms with Crippen molar-refractivity contribution in [3.05, 3.63) is 35.4 Å². The fourth-order valence-corrected chi connectivity index (χ4v) is 1.77. The maximum Gasteiger partial charge on any atom is 0.408 e. The Bertz CT molecular complexity index is 574. The summed E-state index contributed by atoms with van der Waals surface area (Å²) in [6.07, 6.45) is -1.20. The average Bonchev–Trinajstić information content (AvgIpc) is 2.35. The molecule has 0 heterocycles. The second-order valence-corrected chi connectivity index (χ2v) is 6.03. The molecule has 22 heavy (non-hydrogen) atoms. The molecule has 0 aliphatic carbocycles. The van der Waals surface area contributed by atoms with Gasteiger partial charge in [0.2, 0.25) is 0 Å². The lowest BCUT2D eigenvalue weighted by molar-refractivity contribution is -0.139. The molecule has 0 saturated carbocycles. The van der Waals surface area contributed by atoms with Crippen molar-refractivity contribution in [2.24, 2.45) is 0 Å². The molecule has 0 radical (unpaired) electrons. The minimum absolute atomic E-state index is 0.335. The molecule has 0 bridgehead atoms. The molecule has 120 valence electrons. The molecular formula is C16H21NO5. The van der Waals surface area contributed by atoms with Crippen LogP contribution >= 0.6 is 0 Å². The van der Waals surface area contributed by atoms with Crippen molar-refractivity contribution in [1.29, 1.82) is 0 Å². The van der Waals surface area contributed by atoms with Crippen LogP contribution < -0.4 is 5.32 Å². The summed E-state index contributed by atoms with van der Waals surface area (Å²) in [5, 5.41) is 11.4. The van der Waals surface area contributed by atoms with Gasteiger partial charge in [0.05, 0.1) is 0 Å². The Hall–Kier alpha value is -2.37. The maximum atomic E-state index is 12.1. The number of carbonyl (C=O) groups excluding carboxylic acids is 2. The van der Waals surface area contributed by atoms with E-state index in [0.29, 0.717) is 5.56 Å². The molecule has 0 aliphatic rings. The lowest BCUT2D eigenvalue weighted by Crippen LogP contribution is -2.44. The van der Waals surface area contributed by atoms with Crippen molar-refractivity contribution in [2.45, 2.75) is 45.8 Å². The van der Waals surface area contributed by atoms with E-state index >= 15 is 0 Å². The molecule has 1 amide bonds. The molecule has 0 aliphatic heterocycles. The molecule has 0 spiro atoms. The maximum absolute atomic E-state index is 12.1. The first kappa shape index (κ1) is 17.7. The van der Waals surface area contributed by atoms with Gasteiger partial charge in [-0.25, -0.2) is 9.59 Å². The molecule has 0 saturated heterocycles. The zero-order chi connectivity index (χ0) is 16.9. The Morgan fingerprint density at radius 3 is 2.41 bits per heavy atom. The molecule has 6 heteroatoms. The van der Waals surface area contributed by atoms with Crippen molar-refractivity contribution in [2.75, 3.05) is 0 Å². The van der Waals surface area contributed by atoms with Crippen LogP contribution in [0.3, 0.4) is 0 Å². The summed E-state index contributed by atoms with van der Waals surface area (Å²) in [7, 11) is 0. The smallest absolute Gasteiger partial charge is 0.408 e. The minimum Gasteiger partial charge on any atom is -0.480 e. The van der Waals surface area contributed by atoms with E-state index in [1.807, 2.05) is 13.0 Å². The minimum atomic E-state index is -1.33. The lowest BCUT2D eigenvalue weighted by atomic mass is 10.0. The number of amides is 1. The van der Waals surface area contributed by atoms with Crippen LogP contribution in [0.4, 0.5) is 4.79 Å². The van der Waals surface area contributed by atoms with Crippen LogP contribution in [0.5, 0.6) is 0 Å². The predicted octanol–water partition coefficient (Wildman–Crippen LogP) is 2.55. The summed E-state index contributed by atoms with van der Waals surface area (Å²) < 4.78 is 5.00. The summed E-state index contributed by atoms with van der Waals surface area (Å²) in [5.41, 5.74) is 0.573. The SMILES string of the molecule is Cc1cccc(C(=O)CC(NC(=O)OC(C)(C)C)C(=O)O)c1. The fourth-order valence-electron chi connectivity index (χ4n) is 1.77. The monoisotopic (exact) mass is 307 g/mol. The molecule has 1 aromatic rings. The van der Waals surface area contributed by atoms with E-state index in [4.69, 9.17) is 9.84 Å². The van der Waals surface area contributed by atoms with Gasteiger partial charge in [-0.05, 0) is 33.8 Å². The number of alkyl carbamates (subject to hydrolysis) is 1. The number of carbonyl (C=O) groups is 3. The Labute approximate surface area is 129 Å². The summed E-state index contributed by atoms with van der Waals surface area (Å²) in [6.45, 7) is 6.84. The first-order chi connectivity index (χ1) is 10.1. The van der Waals surface area contributed by atoms with Gasteiger partial charge in [-0.15, -0.1) is 0 Å². The first-order valence-corrected chi connectivity index (χ1v) is 6.90. The normalized spacial score (nSPS) is 12.4. The van der Waals surface area contributed by atoms with E-state index in [0.717, 1.165) is 5.56 Å². The number of ketones is 1. The zero-order valence-corrected chi connectivity index (χ0v) is 13.2. The van der Waals surface area contributed by atoms with E-state index in [1.54, 1.807) is 39.0 Å². The molecule has 6 nitrogen and oxygen atoms in total. The van der Waals surface area contributed by atoms with Gasteiger partial charge in [-0.2, -0.15) is 0 Å². The number of hydrogen-bond donors (Lipinski definition) is 2. The van der Waals surface area contributed by atoms with Crippen LogP contribution in [0.2, 0.25) is 0 Å². The highest BCUT2D eigenvalue weighted by molar-refractivity contribution is 5.99. The van der Waals surface area contributed by atoms with Crippen LogP contribution in [-0.4, -0.2) is 34.6 Å². The Morgan fingerprint density at radius 1 is 1.27 bits per heavy atom. The van der Waals surface area contributed by atoms with E-state index in [9.17, 15) is 14.4 Å². The Kier molecular flexibility index (Phi) is 5.68. The first-order valence-electron chi connectivity index (χ1n) is 6.90. The quantitative estimate of drug-likeness (QED) is 0.815. The third-order valence-corrected chi connectivity index (χ3v) is 2.72. The number of aliphatic carboxylic acids is 1. The summed E-state index contributed by atoms with van der Waals surface area (Å²) in [6, 6.07) is 5.52. The summed E-state index contributed by atoms with van der Waals surface area (Å²) in [4.78, 5) is 35.0. The van der Waals surface area contributed by atoms with Gasteiger partial charge in [0.1, 0.15) is 11.6 Å². The molecule has 1 unspecified atom stereocenters. The standard InChI is InChI=1S/C16H21NO5/c1-10-6-5-7-11(8-10)13(18)9-12(14(19)20)17-15(21)22-16(2,3)4/h5-8,12H,9H2,1-4H3,(H,17,21)(H,19,20). The Balaban J connectivity index is 2.74. The van der Waals surface area contributed by atoms with Crippen molar-refractivity contribution in [1.82, 2.24) is 5.32 Å². The third kappa shape index (κ3) is 5.95. The van der Waals surface area contributed by atoms with E-state index < -0.39 is 23.7 Å². The lowest BCUT2D eigenvalue weighted by Gasteiger charge is -2.21. The third-order valence-electron chi connectivity index (χ3n) is 2.72. The molecular weight excluding hydrogens is 286 g/mol. The molecule has 0 fully saturated rings. The number of carboxylic acid groups (broad SMARTS) is 1. The van der Waals surface area contributed by atoms with Crippen LogP contribution in [0.25, 0.3) is 0 Å². The number of nitrogens with one attached hydrogen (secondary N) is 1. The molecule has 1 aromatic carbocycles. The Morgan fingerprint density at radius 2 is 1.91 bits per heavy atom. The summed E-state index contributed by atoms with van der Waals surface area (Å²) >= 11 is 0. The number of aryl methyl sites for hydroxylation is 1. The number of Topliss-reactive ketones (excluding diaryl/α,β-unsaturated/α-hetero) is 1. The highest BCUT2D eigenvalue weighted by Gasteiger charge is 2.26. The number of rotatable bonds is 5. The molecule has 1 rings (SSSR count). The van der Waals surface area contributed by atoms with Crippen molar-refractivity contribution < 1.29 is 24.2 Å². The van der Waals surface area contributed by atoms with Crippen LogP contribution in [0.1, 0.15) is 43.1 Å². The number of hydrogen-bond acceptors (Lipinski definition) is 4. The fraction of sp³-hybridized carbons (Fsp3) is 0.438. The van der Waals surface area contributed by atoms with E-state index in [2.05, 4.69) is 5.32 Å². The van der Waals surface area contributed by atoms with Crippen molar-refractivity contribution in [3.63, 3.8) is 0 Å². The number of benzene rings is 1. The number of carboxylic acids is 1. The van der Waals surface area contributed by atoms with Crippen molar-refractivity contribution in [3.8, 4) is 0 Å². The highest BCUT2D eigenvalue weighted by Crippen LogP contribution is 2.10. The van der Waals surface area contributed by atoms with Crippen LogP contribution in [0, 0.1) is 6.92 Å². The van der Waals surface area contributed by atoms with Gasteiger partial charge in [-0.3, -0.25) is 4.79 Å². The van der Waals surface area contributed by atoms with Crippen LogP contribution in [0.15, 0.2) is 24.3 Å². The van der Waals surface area contributed by atoms with E-state index in [-0.39, 0.29) is 12.2 Å².